The number of rotatable bonds is 4. The van der Waals surface area contributed by atoms with Crippen LogP contribution < -0.4 is 15.0 Å². The van der Waals surface area contributed by atoms with Gasteiger partial charge >= 0.3 is 0 Å². The predicted molar refractivity (Wildman–Crippen MR) is 86.8 cm³/mol. The summed E-state index contributed by atoms with van der Waals surface area (Å²) in [6.07, 6.45) is 6.01. The molecule has 1 N–H and O–H groups in total. The fourth-order valence-corrected chi connectivity index (χ4v) is 2.94. The van der Waals surface area contributed by atoms with E-state index in [-0.39, 0.29) is 0 Å². The van der Waals surface area contributed by atoms with E-state index in [0.29, 0.717) is 11.9 Å². The monoisotopic (exact) mass is 311 g/mol. The first-order valence-electron chi connectivity index (χ1n) is 7.53. The Hall–Kier alpha value is -2.83. The minimum absolute atomic E-state index is 0.304. The molecule has 4 rings (SSSR count). The van der Waals surface area contributed by atoms with Gasteiger partial charge in [0.25, 0.3) is 0 Å². The van der Waals surface area contributed by atoms with Gasteiger partial charge in [-0.05, 0) is 18.6 Å². The van der Waals surface area contributed by atoms with Crippen LogP contribution in [0.1, 0.15) is 6.42 Å². The Morgan fingerprint density at radius 3 is 3.17 bits per heavy atom. The lowest BCUT2D eigenvalue weighted by Crippen LogP contribution is -2.27. The van der Waals surface area contributed by atoms with Crippen molar-refractivity contribution in [2.45, 2.75) is 12.5 Å². The third-order valence-corrected chi connectivity index (χ3v) is 4.05. The molecule has 0 bridgehead atoms. The fraction of sp³-hybridized carbons (Fsp3) is 0.312. The van der Waals surface area contributed by atoms with Crippen LogP contribution in [0.4, 0.5) is 11.6 Å². The number of furan rings is 1. The van der Waals surface area contributed by atoms with E-state index in [1.165, 1.54) is 6.33 Å². The lowest BCUT2D eigenvalue weighted by Gasteiger charge is -2.18. The number of pyridine rings is 1. The van der Waals surface area contributed by atoms with Crippen LogP contribution in [0.25, 0.3) is 11.0 Å². The Morgan fingerprint density at radius 2 is 2.26 bits per heavy atom. The van der Waals surface area contributed by atoms with Crippen LogP contribution in [0.15, 0.2) is 41.4 Å². The summed E-state index contributed by atoms with van der Waals surface area (Å²) in [6, 6.07) is 5.96. The number of fused-ring (bicyclic) bond motifs is 1. The number of ether oxygens (including phenoxy) is 1. The van der Waals surface area contributed by atoms with Gasteiger partial charge in [-0.1, -0.05) is 0 Å². The molecule has 1 unspecified atom stereocenters. The summed E-state index contributed by atoms with van der Waals surface area (Å²) in [7, 11) is 1.60. The van der Waals surface area contributed by atoms with Crippen molar-refractivity contribution >= 4 is 22.6 Å². The number of nitrogens with zero attached hydrogens (tertiary/aromatic N) is 4. The summed E-state index contributed by atoms with van der Waals surface area (Å²) in [5, 5.41) is 4.49. The summed E-state index contributed by atoms with van der Waals surface area (Å²) in [6.45, 7) is 1.81. The maximum absolute atomic E-state index is 5.45. The third-order valence-electron chi connectivity index (χ3n) is 4.05. The van der Waals surface area contributed by atoms with Crippen LogP contribution in [-0.2, 0) is 0 Å². The van der Waals surface area contributed by atoms with Crippen molar-refractivity contribution in [3.8, 4) is 5.88 Å². The van der Waals surface area contributed by atoms with Crippen LogP contribution in [0.5, 0.6) is 5.88 Å². The number of anilines is 2. The van der Waals surface area contributed by atoms with E-state index in [2.05, 4.69) is 25.2 Å². The molecule has 1 aliphatic heterocycles. The van der Waals surface area contributed by atoms with Gasteiger partial charge in [0.1, 0.15) is 23.5 Å². The van der Waals surface area contributed by atoms with Gasteiger partial charge in [-0.25, -0.2) is 15.0 Å². The van der Waals surface area contributed by atoms with E-state index >= 15 is 0 Å². The van der Waals surface area contributed by atoms with Crippen molar-refractivity contribution in [1.82, 2.24) is 15.0 Å². The molecule has 1 saturated heterocycles. The summed E-state index contributed by atoms with van der Waals surface area (Å²) in [5.74, 6) is 2.31. The lowest BCUT2D eigenvalue weighted by molar-refractivity contribution is 0.397. The molecular weight excluding hydrogens is 294 g/mol. The summed E-state index contributed by atoms with van der Waals surface area (Å²) < 4.78 is 10.6. The van der Waals surface area contributed by atoms with Crippen LogP contribution in [0.2, 0.25) is 0 Å². The number of hydrogen-bond donors (Lipinski definition) is 1. The Bertz CT molecular complexity index is 819. The summed E-state index contributed by atoms with van der Waals surface area (Å²) in [4.78, 5) is 15.1. The Kier molecular flexibility index (Phi) is 3.45. The van der Waals surface area contributed by atoms with Gasteiger partial charge in [-0.3, -0.25) is 0 Å². The number of methoxy groups -OCH3 is 1. The highest BCUT2D eigenvalue weighted by Crippen LogP contribution is 2.28. The zero-order chi connectivity index (χ0) is 15.6. The van der Waals surface area contributed by atoms with E-state index in [9.17, 15) is 0 Å². The molecule has 1 aliphatic rings. The summed E-state index contributed by atoms with van der Waals surface area (Å²) >= 11 is 0. The Morgan fingerprint density at radius 1 is 1.30 bits per heavy atom. The van der Waals surface area contributed by atoms with Gasteiger partial charge in [0, 0.05) is 31.4 Å². The predicted octanol–water partition coefficient (Wildman–Crippen LogP) is 2.32. The number of hydrogen-bond acceptors (Lipinski definition) is 7. The van der Waals surface area contributed by atoms with Crippen molar-refractivity contribution < 1.29 is 9.15 Å². The van der Waals surface area contributed by atoms with Gasteiger partial charge in [-0.15, -0.1) is 0 Å². The largest absolute Gasteiger partial charge is 0.481 e. The van der Waals surface area contributed by atoms with Crippen molar-refractivity contribution in [2.24, 2.45) is 0 Å². The molecule has 0 spiro atoms. The average Bonchev–Trinajstić information content (AvgIpc) is 3.23. The highest BCUT2D eigenvalue weighted by Gasteiger charge is 2.25. The molecule has 7 heteroatoms. The van der Waals surface area contributed by atoms with Gasteiger partial charge in [0.2, 0.25) is 5.88 Å². The smallest absolute Gasteiger partial charge is 0.218 e. The van der Waals surface area contributed by atoms with E-state index in [0.717, 1.165) is 42.1 Å². The van der Waals surface area contributed by atoms with Gasteiger partial charge in [-0.2, -0.15) is 0 Å². The molecule has 1 fully saturated rings. The molecule has 0 aliphatic carbocycles. The fourth-order valence-electron chi connectivity index (χ4n) is 2.94. The molecule has 3 aromatic rings. The standard InChI is InChI=1S/C16H17N5O2/c1-22-15-8-14(18-10-19-15)20-11-3-6-21(9-11)16-12-4-7-23-13(12)2-5-17-16/h2,4-5,7-8,10-11H,3,6,9H2,1H3,(H,18,19,20). The van der Waals surface area contributed by atoms with Crippen LogP contribution >= 0.6 is 0 Å². The minimum atomic E-state index is 0.304. The molecule has 0 aromatic carbocycles. The second-order valence-electron chi connectivity index (χ2n) is 5.49. The third kappa shape index (κ3) is 2.65. The molecule has 0 radical (unpaired) electrons. The zero-order valence-corrected chi connectivity index (χ0v) is 12.8. The van der Waals surface area contributed by atoms with Gasteiger partial charge in [0.05, 0.1) is 18.8 Å². The van der Waals surface area contributed by atoms with Gasteiger partial charge < -0.3 is 19.4 Å². The Labute approximate surface area is 133 Å². The quantitative estimate of drug-likeness (QED) is 0.792. The zero-order valence-electron chi connectivity index (χ0n) is 12.8. The average molecular weight is 311 g/mol. The molecule has 118 valence electrons. The minimum Gasteiger partial charge on any atom is -0.481 e. The molecule has 3 aromatic heterocycles. The first-order chi connectivity index (χ1) is 11.3. The van der Waals surface area contributed by atoms with Crippen molar-refractivity contribution in [3.05, 3.63) is 37.0 Å². The van der Waals surface area contributed by atoms with E-state index in [1.807, 2.05) is 12.1 Å². The molecular formula is C16H17N5O2. The topological polar surface area (TPSA) is 76.3 Å². The molecule has 23 heavy (non-hydrogen) atoms. The highest BCUT2D eigenvalue weighted by atomic mass is 16.5. The maximum Gasteiger partial charge on any atom is 0.218 e. The SMILES string of the molecule is COc1cc(NC2CCN(c3nccc4occc34)C2)ncn1. The summed E-state index contributed by atoms with van der Waals surface area (Å²) in [5.41, 5.74) is 0.868. The van der Waals surface area contributed by atoms with Crippen LogP contribution in [0, 0.1) is 0 Å². The number of aromatic nitrogens is 3. The first-order valence-corrected chi connectivity index (χ1v) is 7.53. The molecule has 0 saturated carbocycles. The molecule has 0 amide bonds. The van der Waals surface area contributed by atoms with E-state index < -0.39 is 0 Å². The lowest BCUT2D eigenvalue weighted by atomic mass is 10.2. The van der Waals surface area contributed by atoms with E-state index in [1.54, 1.807) is 25.6 Å². The van der Waals surface area contributed by atoms with E-state index in [4.69, 9.17) is 9.15 Å². The normalized spacial score (nSPS) is 17.6. The van der Waals surface area contributed by atoms with Crippen molar-refractivity contribution in [2.75, 3.05) is 30.4 Å². The first kappa shape index (κ1) is 13.8. The maximum atomic E-state index is 5.45. The highest BCUT2D eigenvalue weighted by molar-refractivity contribution is 5.88. The Balaban J connectivity index is 1.49. The van der Waals surface area contributed by atoms with Crippen LogP contribution in [-0.4, -0.2) is 41.2 Å². The number of nitrogens with one attached hydrogen (secondary N) is 1. The van der Waals surface area contributed by atoms with Crippen molar-refractivity contribution in [3.63, 3.8) is 0 Å². The molecule has 7 nitrogen and oxygen atoms in total. The molecule has 4 heterocycles. The second kappa shape index (κ2) is 5.75. The second-order valence-corrected chi connectivity index (χ2v) is 5.49. The van der Waals surface area contributed by atoms with Crippen molar-refractivity contribution in [1.29, 1.82) is 0 Å². The molecule has 1 atom stereocenters. The van der Waals surface area contributed by atoms with Crippen LogP contribution in [0.3, 0.4) is 0 Å². The van der Waals surface area contributed by atoms with Gasteiger partial charge in [0.15, 0.2) is 0 Å².